The van der Waals surface area contributed by atoms with E-state index in [1.165, 1.54) is 0 Å². The third kappa shape index (κ3) is 4.60. The van der Waals surface area contributed by atoms with Crippen molar-refractivity contribution in [1.29, 1.82) is 0 Å². The highest BCUT2D eigenvalue weighted by Crippen LogP contribution is 2.35. The molecule has 1 aliphatic heterocycles. The Labute approximate surface area is 141 Å². The lowest BCUT2D eigenvalue weighted by atomic mass is 10.1. The zero-order chi connectivity index (χ0) is 15.9. The Kier molecular flexibility index (Phi) is 5.72. The van der Waals surface area contributed by atoms with E-state index in [1.807, 2.05) is 48.5 Å². The number of rotatable bonds is 5. The summed E-state index contributed by atoms with van der Waals surface area (Å²) in [5.74, 6) is 0.108. The van der Waals surface area contributed by atoms with E-state index in [1.54, 1.807) is 11.8 Å². The highest BCUT2D eigenvalue weighted by atomic mass is 32.2. The average Bonchev–Trinajstić information content (AvgIpc) is 2.62. The van der Waals surface area contributed by atoms with E-state index in [4.69, 9.17) is 0 Å². The molecule has 3 nitrogen and oxygen atoms in total. The number of benzene rings is 2. The van der Waals surface area contributed by atoms with Crippen molar-refractivity contribution in [2.24, 2.45) is 0 Å². The Morgan fingerprint density at radius 2 is 1.61 bits per heavy atom. The van der Waals surface area contributed by atoms with Gasteiger partial charge in [0.15, 0.2) is 0 Å². The summed E-state index contributed by atoms with van der Waals surface area (Å²) in [4.78, 5) is 14.0. The largest absolute Gasteiger partial charge is 0.352 e. The molecule has 3 rings (SSSR count). The maximum absolute atomic E-state index is 12.9. The van der Waals surface area contributed by atoms with Gasteiger partial charge in [-0.05, 0) is 43.6 Å². The van der Waals surface area contributed by atoms with Gasteiger partial charge in [0.05, 0.1) is 0 Å². The lowest BCUT2D eigenvalue weighted by molar-refractivity contribution is -0.121. The molecular weight excluding hydrogens is 304 g/mol. The van der Waals surface area contributed by atoms with Crippen LogP contribution in [0.25, 0.3) is 0 Å². The van der Waals surface area contributed by atoms with Crippen molar-refractivity contribution in [1.82, 2.24) is 10.6 Å². The molecule has 0 radical (unpaired) electrons. The Bertz CT molecular complexity index is 612. The molecule has 1 heterocycles. The summed E-state index contributed by atoms with van der Waals surface area (Å²) in [6, 6.07) is 20.4. The van der Waals surface area contributed by atoms with Crippen LogP contribution in [0.15, 0.2) is 65.6 Å². The lowest BCUT2D eigenvalue weighted by Crippen LogP contribution is -2.44. The SMILES string of the molecule is O=C(NC1CCNCC1)C(Sc1ccccc1)c1ccccc1. The van der Waals surface area contributed by atoms with Crippen LogP contribution in [0.5, 0.6) is 0 Å². The Morgan fingerprint density at radius 3 is 2.26 bits per heavy atom. The van der Waals surface area contributed by atoms with E-state index in [2.05, 4.69) is 22.8 Å². The van der Waals surface area contributed by atoms with Crippen molar-refractivity contribution < 1.29 is 4.79 Å². The third-order valence-electron chi connectivity index (χ3n) is 4.02. The number of piperidine rings is 1. The van der Waals surface area contributed by atoms with Crippen molar-refractivity contribution in [3.05, 3.63) is 66.2 Å². The van der Waals surface area contributed by atoms with Gasteiger partial charge in [-0.3, -0.25) is 4.79 Å². The van der Waals surface area contributed by atoms with Crippen molar-refractivity contribution >= 4 is 17.7 Å². The molecule has 1 fully saturated rings. The standard InChI is InChI=1S/C19H22N2OS/c22-19(21-16-11-13-20-14-12-16)18(15-7-3-1-4-8-15)23-17-9-5-2-6-10-17/h1-10,16,18,20H,11-14H2,(H,21,22). The molecule has 2 aromatic carbocycles. The Hall–Kier alpha value is -1.78. The van der Waals surface area contributed by atoms with E-state index >= 15 is 0 Å². The molecule has 4 heteroatoms. The van der Waals surface area contributed by atoms with Gasteiger partial charge in [-0.15, -0.1) is 11.8 Å². The molecule has 0 spiro atoms. The van der Waals surface area contributed by atoms with Gasteiger partial charge in [0.25, 0.3) is 0 Å². The summed E-state index contributed by atoms with van der Waals surface area (Å²) in [6.07, 6.45) is 2.01. The first-order chi connectivity index (χ1) is 11.3. The van der Waals surface area contributed by atoms with Crippen LogP contribution in [0, 0.1) is 0 Å². The van der Waals surface area contributed by atoms with E-state index in [0.29, 0.717) is 0 Å². The van der Waals surface area contributed by atoms with Gasteiger partial charge in [0.2, 0.25) is 5.91 Å². The maximum Gasteiger partial charge on any atom is 0.238 e. The van der Waals surface area contributed by atoms with Crippen LogP contribution in [0.3, 0.4) is 0 Å². The quantitative estimate of drug-likeness (QED) is 0.828. The molecule has 1 amide bonds. The molecule has 0 saturated carbocycles. The Balaban J connectivity index is 1.75. The summed E-state index contributed by atoms with van der Waals surface area (Å²) >= 11 is 1.61. The number of amides is 1. The highest BCUT2D eigenvalue weighted by molar-refractivity contribution is 8.00. The maximum atomic E-state index is 12.9. The topological polar surface area (TPSA) is 41.1 Å². The number of hydrogen-bond acceptors (Lipinski definition) is 3. The molecule has 0 aliphatic carbocycles. The minimum atomic E-state index is -0.214. The molecular formula is C19H22N2OS. The molecule has 1 saturated heterocycles. The van der Waals surface area contributed by atoms with Crippen LogP contribution in [-0.2, 0) is 4.79 Å². The molecule has 1 atom stereocenters. The van der Waals surface area contributed by atoms with Crippen molar-refractivity contribution in [3.8, 4) is 0 Å². The second kappa shape index (κ2) is 8.18. The van der Waals surface area contributed by atoms with Crippen LogP contribution in [0.1, 0.15) is 23.7 Å². The van der Waals surface area contributed by atoms with Gasteiger partial charge < -0.3 is 10.6 Å². The molecule has 0 aromatic heterocycles. The molecule has 1 aliphatic rings. The predicted molar refractivity (Wildman–Crippen MR) is 95.5 cm³/mol. The van der Waals surface area contributed by atoms with Crippen LogP contribution >= 0.6 is 11.8 Å². The smallest absolute Gasteiger partial charge is 0.238 e. The van der Waals surface area contributed by atoms with Gasteiger partial charge in [-0.1, -0.05) is 48.5 Å². The van der Waals surface area contributed by atoms with Crippen molar-refractivity contribution in [2.75, 3.05) is 13.1 Å². The van der Waals surface area contributed by atoms with Gasteiger partial charge in [0.1, 0.15) is 5.25 Å². The van der Waals surface area contributed by atoms with E-state index in [0.717, 1.165) is 36.4 Å². The number of carbonyl (C=O) groups is 1. The number of nitrogens with one attached hydrogen (secondary N) is 2. The monoisotopic (exact) mass is 326 g/mol. The molecule has 1 unspecified atom stereocenters. The number of hydrogen-bond donors (Lipinski definition) is 2. The summed E-state index contributed by atoms with van der Waals surface area (Å²) < 4.78 is 0. The first kappa shape index (κ1) is 16.1. The second-order valence-corrected chi connectivity index (χ2v) is 6.93. The molecule has 0 bridgehead atoms. The van der Waals surface area contributed by atoms with Crippen molar-refractivity contribution in [2.45, 2.75) is 29.0 Å². The van der Waals surface area contributed by atoms with Crippen LogP contribution < -0.4 is 10.6 Å². The van der Waals surface area contributed by atoms with Gasteiger partial charge >= 0.3 is 0 Å². The van der Waals surface area contributed by atoms with Gasteiger partial charge in [-0.25, -0.2) is 0 Å². The van der Waals surface area contributed by atoms with Crippen LogP contribution in [0.2, 0.25) is 0 Å². The zero-order valence-electron chi connectivity index (χ0n) is 13.1. The molecule has 23 heavy (non-hydrogen) atoms. The fourth-order valence-corrected chi connectivity index (χ4v) is 3.83. The average molecular weight is 326 g/mol. The first-order valence-corrected chi connectivity index (χ1v) is 8.98. The van der Waals surface area contributed by atoms with Gasteiger partial charge in [-0.2, -0.15) is 0 Å². The van der Waals surface area contributed by atoms with Gasteiger partial charge in [0, 0.05) is 10.9 Å². The number of thioether (sulfide) groups is 1. The zero-order valence-corrected chi connectivity index (χ0v) is 13.9. The normalized spacial score (nSPS) is 16.7. The first-order valence-electron chi connectivity index (χ1n) is 8.10. The molecule has 2 aromatic rings. The second-order valence-electron chi connectivity index (χ2n) is 5.75. The van der Waals surface area contributed by atoms with E-state index in [-0.39, 0.29) is 17.2 Å². The van der Waals surface area contributed by atoms with Crippen LogP contribution in [0.4, 0.5) is 0 Å². The molecule has 120 valence electrons. The summed E-state index contributed by atoms with van der Waals surface area (Å²) in [7, 11) is 0. The minimum Gasteiger partial charge on any atom is -0.352 e. The summed E-state index contributed by atoms with van der Waals surface area (Å²) in [5, 5.41) is 6.36. The lowest BCUT2D eigenvalue weighted by Gasteiger charge is -2.26. The van der Waals surface area contributed by atoms with E-state index < -0.39 is 0 Å². The van der Waals surface area contributed by atoms with Crippen LogP contribution in [-0.4, -0.2) is 25.0 Å². The minimum absolute atomic E-state index is 0.108. The summed E-state index contributed by atoms with van der Waals surface area (Å²) in [6.45, 7) is 1.96. The summed E-state index contributed by atoms with van der Waals surface area (Å²) in [5.41, 5.74) is 1.05. The van der Waals surface area contributed by atoms with E-state index in [9.17, 15) is 4.79 Å². The fraction of sp³-hybridized carbons (Fsp3) is 0.316. The fourth-order valence-electron chi connectivity index (χ4n) is 2.78. The molecule has 2 N–H and O–H groups in total. The number of carbonyl (C=O) groups excluding carboxylic acids is 1. The van der Waals surface area contributed by atoms with Crippen molar-refractivity contribution in [3.63, 3.8) is 0 Å². The predicted octanol–water partition coefficient (Wildman–Crippen LogP) is 3.39. The highest BCUT2D eigenvalue weighted by Gasteiger charge is 2.25. The Morgan fingerprint density at radius 1 is 1.00 bits per heavy atom. The third-order valence-corrected chi connectivity index (χ3v) is 5.29.